The van der Waals surface area contributed by atoms with Crippen molar-refractivity contribution in [1.82, 2.24) is 9.38 Å². The van der Waals surface area contributed by atoms with Crippen LogP contribution in [-0.2, 0) is 6.42 Å². The second kappa shape index (κ2) is 6.65. The van der Waals surface area contributed by atoms with Crippen molar-refractivity contribution in [3.8, 4) is 17.0 Å². The van der Waals surface area contributed by atoms with E-state index in [-0.39, 0.29) is 5.75 Å². The van der Waals surface area contributed by atoms with Crippen LogP contribution in [0.25, 0.3) is 16.9 Å². The molecule has 25 heavy (non-hydrogen) atoms. The fraction of sp³-hybridized carbons (Fsp3) is 0.0500. The third-order valence-electron chi connectivity index (χ3n) is 4.11. The number of fused-ring (bicyclic) bond motifs is 1. The van der Waals surface area contributed by atoms with Crippen LogP contribution in [0.1, 0.15) is 11.3 Å². The maximum atomic E-state index is 10.4. The highest BCUT2D eigenvalue weighted by Crippen LogP contribution is 2.35. The molecule has 2 aromatic carbocycles. The van der Waals surface area contributed by atoms with Crippen molar-refractivity contribution in [2.45, 2.75) is 6.42 Å². The number of hydrogen-bond acceptors (Lipinski definition) is 2. The van der Waals surface area contributed by atoms with E-state index in [0.29, 0.717) is 0 Å². The van der Waals surface area contributed by atoms with Crippen molar-refractivity contribution in [2.75, 3.05) is 0 Å². The van der Waals surface area contributed by atoms with Crippen molar-refractivity contribution in [1.29, 1.82) is 0 Å². The molecule has 0 bridgehead atoms. The SMILES string of the molecule is Oc1ccc(Br)cc1-c1nc2ccc(Br)cn2c1Cc1ccccc1. The molecule has 0 amide bonds. The summed E-state index contributed by atoms with van der Waals surface area (Å²) in [6.45, 7) is 0. The van der Waals surface area contributed by atoms with Crippen LogP contribution in [-0.4, -0.2) is 14.5 Å². The number of hydrogen-bond donors (Lipinski definition) is 1. The van der Waals surface area contributed by atoms with Gasteiger partial charge in [-0.05, 0) is 51.8 Å². The average molecular weight is 458 g/mol. The average Bonchev–Trinajstić information content (AvgIpc) is 2.96. The first-order valence-electron chi connectivity index (χ1n) is 7.81. The summed E-state index contributed by atoms with van der Waals surface area (Å²) in [6, 6.07) is 19.6. The summed E-state index contributed by atoms with van der Waals surface area (Å²) >= 11 is 7.03. The molecule has 0 atom stereocenters. The van der Waals surface area contributed by atoms with Gasteiger partial charge in [-0.3, -0.25) is 0 Å². The van der Waals surface area contributed by atoms with Gasteiger partial charge in [0.15, 0.2) is 0 Å². The highest BCUT2D eigenvalue weighted by atomic mass is 79.9. The molecule has 4 aromatic rings. The summed E-state index contributed by atoms with van der Waals surface area (Å²) in [6.07, 6.45) is 2.74. The number of phenols is 1. The van der Waals surface area contributed by atoms with Crippen molar-refractivity contribution in [2.24, 2.45) is 0 Å². The first-order chi connectivity index (χ1) is 12.1. The second-order valence-electron chi connectivity index (χ2n) is 5.81. The number of benzene rings is 2. The molecular weight excluding hydrogens is 444 g/mol. The number of nitrogens with zero attached hydrogens (tertiary/aromatic N) is 2. The van der Waals surface area contributed by atoms with E-state index < -0.39 is 0 Å². The van der Waals surface area contributed by atoms with Crippen LogP contribution < -0.4 is 0 Å². The molecule has 1 N–H and O–H groups in total. The molecule has 2 heterocycles. The normalized spacial score (nSPS) is 11.1. The van der Waals surface area contributed by atoms with Crippen LogP contribution in [0.4, 0.5) is 0 Å². The zero-order valence-corrected chi connectivity index (χ0v) is 16.3. The Morgan fingerprint density at radius 1 is 0.920 bits per heavy atom. The molecule has 5 heteroatoms. The summed E-state index contributed by atoms with van der Waals surface area (Å²) in [5.74, 6) is 0.222. The number of phenolic OH excluding ortho intramolecular Hbond substituents is 1. The van der Waals surface area contributed by atoms with Gasteiger partial charge in [-0.1, -0.05) is 46.3 Å². The summed E-state index contributed by atoms with van der Waals surface area (Å²) in [4.78, 5) is 4.78. The third-order valence-corrected chi connectivity index (χ3v) is 5.07. The fourth-order valence-corrected chi connectivity index (χ4v) is 3.64. The Balaban J connectivity index is 1.97. The number of imidazole rings is 1. The van der Waals surface area contributed by atoms with Crippen molar-refractivity contribution >= 4 is 37.5 Å². The maximum absolute atomic E-state index is 10.4. The van der Waals surface area contributed by atoms with Crippen LogP contribution in [0, 0.1) is 0 Å². The minimum absolute atomic E-state index is 0.222. The smallest absolute Gasteiger partial charge is 0.137 e. The van der Waals surface area contributed by atoms with Gasteiger partial charge in [0.1, 0.15) is 11.4 Å². The number of pyridine rings is 1. The lowest BCUT2D eigenvalue weighted by molar-refractivity contribution is 0.477. The van der Waals surface area contributed by atoms with Crippen LogP contribution in [0.2, 0.25) is 0 Å². The van der Waals surface area contributed by atoms with E-state index in [1.807, 2.05) is 48.7 Å². The molecule has 4 rings (SSSR count). The molecule has 0 saturated heterocycles. The molecule has 0 aliphatic carbocycles. The molecule has 0 spiro atoms. The van der Waals surface area contributed by atoms with Gasteiger partial charge in [0.05, 0.1) is 11.4 Å². The first kappa shape index (κ1) is 16.4. The summed E-state index contributed by atoms with van der Waals surface area (Å²) in [5, 5.41) is 10.4. The Morgan fingerprint density at radius 2 is 1.68 bits per heavy atom. The zero-order valence-electron chi connectivity index (χ0n) is 13.2. The van der Waals surface area contributed by atoms with Crippen LogP contribution in [0.3, 0.4) is 0 Å². The molecule has 2 aromatic heterocycles. The van der Waals surface area contributed by atoms with Crippen molar-refractivity contribution in [3.05, 3.63) is 87.1 Å². The minimum atomic E-state index is 0.222. The Labute approximate surface area is 162 Å². The number of aromatic nitrogens is 2. The molecule has 0 unspecified atom stereocenters. The molecule has 3 nitrogen and oxygen atoms in total. The van der Waals surface area contributed by atoms with E-state index in [4.69, 9.17) is 4.98 Å². The molecule has 0 radical (unpaired) electrons. The number of rotatable bonds is 3. The molecule has 124 valence electrons. The van der Waals surface area contributed by atoms with E-state index >= 15 is 0 Å². The Hall–Kier alpha value is -2.11. The van der Waals surface area contributed by atoms with Gasteiger partial charge in [-0.15, -0.1) is 0 Å². The van der Waals surface area contributed by atoms with Crippen molar-refractivity contribution in [3.63, 3.8) is 0 Å². The Bertz CT molecular complexity index is 1060. The van der Waals surface area contributed by atoms with Gasteiger partial charge in [0.25, 0.3) is 0 Å². The maximum Gasteiger partial charge on any atom is 0.137 e. The van der Waals surface area contributed by atoms with Gasteiger partial charge < -0.3 is 9.51 Å². The Morgan fingerprint density at radius 3 is 2.48 bits per heavy atom. The van der Waals surface area contributed by atoms with Crippen LogP contribution in [0.15, 0.2) is 75.8 Å². The van der Waals surface area contributed by atoms with Crippen molar-refractivity contribution < 1.29 is 5.11 Å². The summed E-state index contributed by atoms with van der Waals surface area (Å²) < 4.78 is 3.97. The predicted octanol–water partition coefficient (Wildman–Crippen LogP) is 5.82. The van der Waals surface area contributed by atoms with E-state index in [0.717, 1.165) is 38.0 Å². The summed E-state index contributed by atoms with van der Waals surface area (Å²) in [7, 11) is 0. The zero-order chi connectivity index (χ0) is 17.4. The molecule has 0 saturated carbocycles. The number of aromatic hydroxyl groups is 1. The standard InChI is InChI=1S/C20H14Br2N2O/c21-14-6-8-18(25)16(11-14)20-17(10-13-4-2-1-3-5-13)24-12-15(22)7-9-19(24)23-20/h1-9,11-12,25H,10H2. The monoisotopic (exact) mass is 456 g/mol. The lowest BCUT2D eigenvalue weighted by atomic mass is 10.0. The van der Waals surface area contributed by atoms with Gasteiger partial charge in [0, 0.05) is 27.1 Å². The quantitative estimate of drug-likeness (QED) is 0.420. The molecular formula is C20H14Br2N2O. The van der Waals surface area contributed by atoms with Crippen LogP contribution >= 0.6 is 31.9 Å². The van der Waals surface area contributed by atoms with E-state index in [9.17, 15) is 5.11 Å². The number of halogens is 2. The van der Waals surface area contributed by atoms with Gasteiger partial charge in [-0.2, -0.15) is 0 Å². The predicted molar refractivity (Wildman–Crippen MR) is 107 cm³/mol. The Kier molecular flexibility index (Phi) is 4.36. The topological polar surface area (TPSA) is 37.5 Å². The fourth-order valence-electron chi connectivity index (χ4n) is 2.94. The van der Waals surface area contributed by atoms with Gasteiger partial charge >= 0.3 is 0 Å². The molecule has 0 aliphatic heterocycles. The second-order valence-corrected chi connectivity index (χ2v) is 7.64. The van der Waals surface area contributed by atoms with E-state index in [2.05, 4.69) is 48.4 Å². The van der Waals surface area contributed by atoms with Crippen LogP contribution in [0.5, 0.6) is 5.75 Å². The largest absolute Gasteiger partial charge is 0.507 e. The van der Waals surface area contributed by atoms with E-state index in [1.54, 1.807) is 6.07 Å². The lowest BCUT2D eigenvalue weighted by Crippen LogP contribution is -1.97. The van der Waals surface area contributed by atoms with Gasteiger partial charge in [0.2, 0.25) is 0 Å². The lowest BCUT2D eigenvalue weighted by Gasteiger charge is -2.08. The first-order valence-corrected chi connectivity index (χ1v) is 9.40. The minimum Gasteiger partial charge on any atom is -0.507 e. The molecule has 0 fully saturated rings. The van der Waals surface area contributed by atoms with E-state index in [1.165, 1.54) is 5.56 Å². The molecule has 0 aliphatic rings. The third kappa shape index (κ3) is 3.22. The summed E-state index contributed by atoms with van der Waals surface area (Å²) in [5.41, 5.74) is 4.60. The highest BCUT2D eigenvalue weighted by molar-refractivity contribution is 9.10. The van der Waals surface area contributed by atoms with Gasteiger partial charge in [-0.25, -0.2) is 4.98 Å². The highest BCUT2D eigenvalue weighted by Gasteiger charge is 2.17.